The maximum absolute atomic E-state index is 13.0. The maximum atomic E-state index is 13.0. The number of hydrogen-bond donors (Lipinski definition) is 5. The van der Waals surface area contributed by atoms with E-state index in [-0.39, 0.29) is 25.3 Å². The van der Waals surface area contributed by atoms with Gasteiger partial charge in [0, 0.05) is 12.8 Å². The van der Waals surface area contributed by atoms with Crippen molar-refractivity contribution < 1.29 is 24.3 Å². The van der Waals surface area contributed by atoms with E-state index >= 15 is 0 Å². The van der Waals surface area contributed by atoms with E-state index < -0.39 is 41.8 Å². The number of carboxylic acids is 1. The first-order chi connectivity index (χ1) is 16.2. The summed E-state index contributed by atoms with van der Waals surface area (Å²) in [6.07, 6.45) is 0.243. The molecule has 0 aromatic heterocycles. The Hall–Kier alpha value is -3.72. The van der Waals surface area contributed by atoms with E-state index in [4.69, 9.17) is 5.73 Å². The van der Waals surface area contributed by atoms with E-state index in [1.165, 1.54) is 0 Å². The predicted molar refractivity (Wildman–Crippen MR) is 128 cm³/mol. The lowest BCUT2D eigenvalue weighted by Crippen LogP contribution is -2.55. The molecule has 9 nitrogen and oxygen atoms in total. The van der Waals surface area contributed by atoms with Gasteiger partial charge in [-0.3, -0.25) is 14.4 Å². The number of hydrogen-bond acceptors (Lipinski definition) is 5. The van der Waals surface area contributed by atoms with Crippen molar-refractivity contribution >= 4 is 23.7 Å². The molecule has 0 aliphatic carbocycles. The predicted octanol–water partition coefficient (Wildman–Crippen LogP) is 0.626. The third-order valence-corrected chi connectivity index (χ3v) is 5.28. The van der Waals surface area contributed by atoms with Gasteiger partial charge in [-0.25, -0.2) is 4.79 Å². The summed E-state index contributed by atoms with van der Waals surface area (Å²) in [5, 5.41) is 17.2. The zero-order valence-electron chi connectivity index (χ0n) is 19.4. The van der Waals surface area contributed by atoms with Gasteiger partial charge >= 0.3 is 5.97 Å². The molecule has 0 bridgehead atoms. The van der Waals surface area contributed by atoms with Crippen LogP contribution in [0.3, 0.4) is 0 Å². The minimum atomic E-state index is -1.18. The van der Waals surface area contributed by atoms with Crippen LogP contribution in [-0.4, -0.2) is 53.5 Å². The number of benzene rings is 2. The van der Waals surface area contributed by atoms with E-state index in [9.17, 15) is 24.3 Å². The fourth-order valence-electron chi connectivity index (χ4n) is 3.21. The first-order valence-electron chi connectivity index (χ1n) is 11.1. The van der Waals surface area contributed by atoms with E-state index in [0.29, 0.717) is 0 Å². The number of nitrogens with one attached hydrogen (secondary N) is 3. The topological polar surface area (TPSA) is 151 Å². The van der Waals surface area contributed by atoms with Gasteiger partial charge in [0.25, 0.3) is 0 Å². The Bertz CT molecular complexity index is 966. The Morgan fingerprint density at radius 3 is 1.76 bits per heavy atom. The molecule has 0 saturated carbocycles. The van der Waals surface area contributed by atoms with Gasteiger partial charge in [-0.05, 0) is 17.0 Å². The van der Waals surface area contributed by atoms with Crippen molar-refractivity contribution in [2.75, 3.05) is 6.54 Å². The monoisotopic (exact) mass is 468 g/mol. The molecule has 0 fully saturated rings. The molecule has 0 unspecified atom stereocenters. The quantitative estimate of drug-likeness (QED) is 0.308. The summed E-state index contributed by atoms with van der Waals surface area (Å²) < 4.78 is 0. The standard InChI is InChI=1S/C25H32N4O5/c1-16(2)22(26)24(32)27-15-21(30)28-19(13-17-9-5-3-6-10-17)23(31)29-20(25(33)34)14-18-11-7-4-8-12-18/h3-12,16,19-20,22H,13-15,26H2,1-2H3,(H,27,32)(H,28,30)(H,29,31)(H,33,34)/t19-,20-,22-/m0/s1. The molecular weight excluding hydrogens is 436 g/mol. The van der Waals surface area contributed by atoms with Gasteiger partial charge in [0.1, 0.15) is 12.1 Å². The lowest BCUT2D eigenvalue weighted by atomic mass is 10.0. The number of nitrogens with two attached hydrogens (primary N) is 1. The average Bonchev–Trinajstić information content (AvgIpc) is 2.82. The number of carbonyl (C=O) groups excluding carboxylic acids is 3. The number of rotatable bonds is 12. The number of aliphatic carboxylic acids is 1. The Kier molecular flexibility index (Phi) is 10.2. The molecule has 3 amide bonds. The molecule has 3 atom stereocenters. The van der Waals surface area contributed by atoms with Gasteiger partial charge < -0.3 is 26.8 Å². The van der Waals surface area contributed by atoms with Gasteiger partial charge in [0.15, 0.2) is 0 Å². The van der Waals surface area contributed by atoms with Crippen molar-refractivity contribution in [1.29, 1.82) is 0 Å². The average molecular weight is 469 g/mol. The molecule has 2 aromatic rings. The third kappa shape index (κ3) is 8.67. The smallest absolute Gasteiger partial charge is 0.326 e. The number of carboxylic acid groups (broad SMARTS) is 1. The minimum Gasteiger partial charge on any atom is -0.480 e. The van der Waals surface area contributed by atoms with Crippen LogP contribution in [0.2, 0.25) is 0 Å². The van der Waals surface area contributed by atoms with E-state index in [1.54, 1.807) is 62.4 Å². The zero-order valence-corrected chi connectivity index (χ0v) is 19.4. The van der Waals surface area contributed by atoms with Crippen molar-refractivity contribution in [2.45, 2.75) is 44.8 Å². The van der Waals surface area contributed by atoms with Gasteiger partial charge in [0.05, 0.1) is 12.6 Å². The van der Waals surface area contributed by atoms with Crippen LogP contribution in [0.15, 0.2) is 60.7 Å². The van der Waals surface area contributed by atoms with Crippen molar-refractivity contribution in [2.24, 2.45) is 11.7 Å². The lowest BCUT2D eigenvalue weighted by molar-refractivity contribution is -0.142. The second-order valence-electron chi connectivity index (χ2n) is 8.39. The Labute approximate surface area is 199 Å². The van der Waals surface area contributed by atoms with Crippen LogP contribution in [0.25, 0.3) is 0 Å². The van der Waals surface area contributed by atoms with Crippen molar-refractivity contribution in [3.63, 3.8) is 0 Å². The number of carbonyl (C=O) groups is 4. The van der Waals surface area contributed by atoms with Crippen LogP contribution in [0.4, 0.5) is 0 Å². The first-order valence-corrected chi connectivity index (χ1v) is 11.1. The molecule has 6 N–H and O–H groups in total. The SMILES string of the molecule is CC(C)[C@H](N)C(=O)NCC(=O)N[C@@H](Cc1ccccc1)C(=O)N[C@@H](Cc1ccccc1)C(=O)O. The maximum Gasteiger partial charge on any atom is 0.326 e. The van der Waals surface area contributed by atoms with Gasteiger partial charge in [-0.2, -0.15) is 0 Å². The Morgan fingerprint density at radius 2 is 1.29 bits per heavy atom. The summed E-state index contributed by atoms with van der Waals surface area (Å²) in [7, 11) is 0. The fraction of sp³-hybridized carbons (Fsp3) is 0.360. The Balaban J connectivity index is 2.09. The highest BCUT2D eigenvalue weighted by molar-refractivity contribution is 5.92. The van der Waals surface area contributed by atoms with Crippen molar-refractivity contribution in [3.8, 4) is 0 Å². The van der Waals surface area contributed by atoms with Gasteiger partial charge in [-0.15, -0.1) is 0 Å². The summed E-state index contributed by atoms with van der Waals surface area (Å²) in [5.41, 5.74) is 7.31. The van der Waals surface area contributed by atoms with E-state index in [1.807, 2.05) is 12.1 Å². The molecule has 0 aliphatic heterocycles. The van der Waals surface area contributed by atoms with Crippen molar-refractivity contribution in [3.05, 3.63) is 71.8 Å². The molecule has 0 saturated heterocycles. The van der Waals surface area contributed by atoms with Crippen LogP contribution < -0.4 is 21.7 Å². The summed E-state index contributed by atoms with van der Waals surface area (Å²) in [5.74, 6) is -2.97. The van der Waals surface area contributed by atoms with E-state index in [2.05, 4.69) is 16.0 Å². The van der Waals surface area contributed by atoms with Gasteiger partial charge in [0.2, 0.25) is 17.7 Å². The largest absolute Gasteiger partial charge is 0.480 e. The highest BCUT2D eigenvalue weighted by atomic mass is 16.4. The normalized spacial score (nSPS) is 13.4. The third-order valence-electron chi connectivity index (χ3n) is 5.28. The molecule has 182 valence electrons. The number of amides is 3. The first kappa shape index (κ1) is 26.5. The van der Waals surface area contributed by atoms with Crippen LogP contribution in [-0.2, 0) is 32.0 Å². The summed E-state index contributed by atoms with van der Waals surface area (Å²) in [4.78, 5) is 49.3. The second-order valence-corrected chi connectivity index (χ2v) is 8.39. The Morgan fingerprint density at radius 1 is 0.794 bits per heavy atom. The van der Waals surface area contributed by atoms with Crippen LogP contribution in [0.1, 0.15) is 25.0 Å². The molecular formula is C25H32N4O5. The lowest BCUT2D eigenvalue weighted by Gasteiger charge is -2.22. The zero-order chi connectivity index (χ0) is 25.1. The van der Waals surface area contributed by atoms with Gasteiger partial charge in [-0.1, -0.05) is 74.5 Å². The molecule has 2 aromatic carbocycles. The second kappa shape index (κ2) is 13.1. The fourth-order valence-corrected chi connectivity index (χ4v) is 3.21. The molecule has 0 aliphatic rings. The molecule has 0 radical (unpaired) electrons. The van der Waals surface area contributed by atoms with E-state index in [0.717, 1.165) is 11.1 Å². The molecule has 34 heavy (non-hydrogen) atoms. The molecule has 2 rings (SSSR count). The highest BCUT2D eigenvalue weighted by Gasteiger charge is 2.27. The van der Waals surface area contributed by atoms with Crippen LogP contribution >= 0.6 is 0 Å². The van der Waals surface area contributed by atoms with Crippen LogP contribution in [0.5, 0.6) is 0 Å². The molecule has 0 heterocycles. The van der Waals surface area contributed by atoms with Crippen LogP contribution in [0, 0.1) is 5.92 Å². The minimum absolute atomic E-state index is 0.0943. The summed E-state index contributed by atoms with van der Waals surface area (Å²) in [6.45, 7) is 3.22. The van der Waals surface area contributed by atoms with Crippen molar-refractivity contribution in [1.82, 2.24) is 16.0 Å². The molecule has 0 spiro atoms. The molecule has 9 heteroatoms. The summed E-state index contributed by atoms with van der Waals surface area (Å²) in [6, 6.07) is 15.0. The highest BCUT2D eigenvalue weighted by Crippen LogP contribution is 2.07. The summed E-state index contributed by atoms with van der Waals surface area (Å²) >= 11 is 0.